The Balaban J connectivity index is 2.54. The molecule has 1 amide bonds. The molecule has 1 aromatic carbocycles. The molecule has 5 N–H and O–H groups in total. The minimum Gasteiger partial charge on any atom is -0.480 e. The maximum atomic E-state index is 11.0. The Bertz CT molecular complexity index is 457. The quantitative estimate of drug-likeness (QED) is 0.539. The third-order valence-corrected chi connectivity index (χ3v) is 2.95. The first-order valence-electron chi connectivity index (χ1n) is 6.52. The van der Waals surface area contributed by atoms with Gasteiger partial charge in [-0.1, -0.05) is 26.0 Å². The number of rotatable bonds is 8. The van der Waals surface area contributed by atoms with Crippen molar-refractivity contribution < 1.29 is 14.7 Å². The Morgan fingerprint density at radius 1 is 1.25 bits per heavy atom. The van der Waals surface area contributed by atoms with Crippen LogP contribution in [0.3, 0.4) is 0 Å². The molecule has 0 aliphatic heterocycles. The highest BCUT2D eigenvalue weighted by molar-refractivity contribution is 5.77. The highest BCUT2D eigenvalue weighted by Gasteiger charge is 2.17. The molecular weight excluding hydrogens is 258 g/mol. The summed E-state index contributed by atoms with van der Waals surface area (Å²) in [6, 6.07) is 6.83. The number of anilines is 1. The fourth-order valence-corrected chi connectivity index (χ4v) is 1.67. The second-order valence-electron chi connectivity index (χ2n) is 4.94. The Morgan fingerprint density at radius 2 is 1.85 bits per heavy atom. The number of benzene rings is 1. The summed E-state index contributed by atoms with van der Waals surface area (Å²) in [6.07, 6.45) is 0.166. The maximum Gasteiger partial charge on any atom is 0.322 e. The molecule has 0 fully saturated rings. The van der Waals surface area contributed by atoms with Gasteiger partial charge in [0.15, 0.2) is 0 Å². The van der Waals surface area contributed by atoms with Gasteiger partial charge in [-0.2, -0.15) is 0 Å². The number of carbonyl (C=O) groups is 2. The van der Waals surface area contributed by atoms with Gasteiger partial charge in [0.2, 0.25) is 5.91 Å². The van der Waals surface area contributed by atoms with Gasteiger partial charge in [-0.3, -0.25) is 9.59 Å². The first-order valence-corrected chi connectivity index (χ1v) is 6.52. The van der Waals surface area contributed by atoms with Crippen LogP contribution in [0.4, 0.5) is 5.69 Å². The lowest BCUT2D eigenvalue weighted by atomic mass is 10.0. The summed E-state index contributed by atoms with van der Waals surface area (Å²) in [6.45, 7) is 4.20. The van der Waals surface area contributed by atoms with Crippen molar-refractivity contribution in [2.24, 2.45) is 5.73 Å². The number of hydrazine groups is 1. The Kier molecular flexibility index (Phi) is 5.99. The fraction of sp³-hybridized carbons (Fsp3) is 0.429. The number of nitrogens with one attached hydrogen (secondary N) is 2. The van der Waals surface area contributed by atoms with E-state index in [4.69, 9.17) is 10.8 Å². The molecule has 0 aliphatic carbocycles. The number of carbonyl (C=O) groups excluding carboxylic acids is 1. The first kappa shape index (κ1) is 16.0. The molecule has 0 aromatic heterocycles. The third-order valence-electron chi connectivity index (χ3n) is 2.95. The van der Waals surface area contributed by atoms with Gasteiger partial charge in [-0.15, -0.1) is 0 Å². The molecular formula is C14H21N3O3. The van der Waals surface area contributed by atoms with Crippen molar-refractivity contribution >= 4 is 17.6 Å². The lowest BCUT2D eigenvalue weighted by molar-refractivity contribution is -0.139. The Hall–Kier alpha value is -2.08. The molecule has 6 heteroatoms. The number of carboxylic acids is 1. The summed E-state index contributed by atoms with van der Waals surface area (Å²) in [5.41, 5.74) is 12.5. The fourth-order valence-electron chi connectivity index (χ4n) is 1.67. The van der Waals surface area contributed by atoms with Crippen LogP contribution in [0, 0.1) is 0 Å². The third kappa shape index (κ3) is 5.27. The number of hydrogen-bond acceptors (Lipinski definition) is 4. The zero-order chi connectivity index (χ0) is 15.1. The summed E-state index contributed by atoms with van der Waals surface area (Å²) in [5.74, 6) is -1.10. The summed E-state index contributed by atoms with van der Waals surface area (Å²) in [4.78, 5) is 21.7. The van der Waals surface area contributed by atoms with E-state index in [1.54, 1.807) is 0 Å². The number of nitrogens with two attached hydrogens (primary N) is 1. The topological polar surface area (TPSA) is 104 Å². The van der Waals surface area contributed by atoms with E-state index in [2.05, 4.69) is 24.7 Å². The predicted octanol–water partition coefficient (Wildman–Crippen LogP) is 1.45. The van der Waals surface area contributed by atoms with Crippen LogP contribution in [0.5, 0.6) is 0 Å². The number of carboxylic acid groups (broad SMARTS) is 1. The van der Waals surface area contributed by atoms with Gasteiger partial charge in [-0.05, 0) is 30.0 Å². The van der Waals surface area contributed by atoms with Crippen molar-refractivity contribution in [3.63, 3.8) is 0 Å². The minimum atomic E-state index is -1.03. The van der Waals surface area contributed by atoms with Crippen LogP contribution in [0.1, 0.15) is 38.2 Å². The molecule has 0 unspecified atom stereocenters. The van der Waals surface area contributed by atoms with E-state index in [0.717, 1.165) is 5.69 Å². The number of hydrogen-bond donors (Lipinski definition) is 4. The van der Waals surface area contributed by atoms with Crippen molar-refractivity contribution in [3.8, 4) is 0 Å². The van der Waals surface area contributed by atoms with E-state index >= 15 is 0 Å². The van der Waals surface area contributed by atoms with Crippen molar-refractivity contribution in [1.29, 1.82) is 0 Å². The van der Waals surface area contributed by atoms with E-state index in [-0.39, 0.29) is 12.8 Å². The van der Waals surface area contributed by atoms with Crippen molar-refractivity contribution in [1.82, 2.24) is 5.43 Å². The number of primary amides is 1. The lowest BCUT2D eigenvalue weighted by Gasteiger charge is -2.16. The van der Waals surface area contributed by atoms with Gasteiger partial charge in [0.05, 0.1) is 0 Å². The highest BCUT2D eigenvalue weighted by atomic mass is 16.4. The van der Waals surface area contributed by atoms with Gasteiger partial charge >= 0.3 is 5.97 Å². The normalized spacial score (nSPS) is 12.2. The summed E-state index contributed by atoms with van der Waals surface area (Å²) in [7, 11) is 0. The molecule has 0 saturated heterocycles. The Labute approximate surface area is 118 Å². The van der Waals surface area contributed by atoms with Crippen molar-refractivity contribution in [2.45, 2.75) is 38.6 Å². The summed E-state index contributed by atoms with van der Waals surface area (Å²) >= 11 is 0. The smallest absolute Gasteiger partial charge is 0.322 e. The van der Waals surface area contributed by atoms with E-state index in [1.807, 2.05) is 24.3 Å². The Morgan fingerprint density at radius 3 is 2.30 bits per heavy atom. The largest absolute Gasteiger partial charge is 0.480 e. The molecule has 1 atom stereocenters. The standard InChI is InChI=1S/C14H21N3O3/c1-9(2)10-3-5-11(6-4-10)16-17-12(14(19)20)7-8-13(15)18/h3-6,9,12,16-17H,7-8H2,1-2H3,(H2,15,18)(H,19,20)/t12-/m0/s1. The van der Waals surface area contributed by atoms with E-state index in [0.29, 0.717) is 5.92 Å². The van der Waals surface area contributed by atoms with E-state index < -0.39 is 17.9 Å². The molecule has 1 rings (SSSR count). The maximum absolute atomic E-state index is 11.0. The lowest BCUT2D eigenvalue weighted by Crippen LogP contribution is -2.41. The first-order chi connectivity index (χ1) is 9.40. The molecule has 0 heterocycles. The van der Waals surface area contributed by atoms with Crippen molar-refractivity contribution in [2.75, 3.05) is 5.43 Å². The minimum absolute atomic E-state index is 0.0257. The molecule has 1 aromatic rings. The molecule has 6 nitrogen and oxygen atoms in total. The van der Waals surface area contributed by atoms with Crippen LogP contribution >= 0.6 is 0 Å². The highest BCUT2D eigenvalue weighted by Crippen LogP contribution is 2.16. The van der Waals surface area contributed by atoms with Gasteiger partial charge < -0.3 is 16.3 Å². The zero-order valence-electron chi connectivity index (χ0n) is 11.7. The SMILES string of the molecule is CC(C)c1ccc(NN[C@@H](CCC(N)=O)C(=O)O)cc1. The summed E-state index contributed by atoms with van der Waals surface area (Å²) in [5, 5.41) is 9.03. The number of aliphatic carboxylic acids is 1. The van der Waals surface area contributed by atoms with Gasteiger partial charge in [-0.25, -0.2) is 5.43 Å². The average molecular weight is 279 g/mol. The van der Waals surface area contributed by atoms with Gasteiger partial charge in [0.25, 0.3) is 0 Å². The molecule has 110 valence electrons. The van der Waals surface area contributed by atoms with Crippen molar-refractivity contribution in [3.05, 3.63) is 29.8 Å². The van der Waals surface area contributed by atoms with Gasteiger partial charge in [0, 0.05) is 12.1 Å². The molecule has 0 radical (unpaired) electrons. The summed E-state index contributed by atoms with van der Waals surface area (Å²) < 4.78 is 0. The predicted molar refractivity (Wildman–Crippen MR) is 77.1 cm³/mol. The van der Waals surface area contributed by atoms with Gasteiger partial charge in [0.1, 0.15) is 6.04 Å². The van der Waals surface area contributed by atoms with Crippen LogP contribution in [-0.2, 0) is 9.59 Å². The molecule has 0 spiro atoms. The van der Waals surface area contributed by atoms with Crippen LogP contribution in [0.25, 0.3) is 0 Å². The average Bonchev–Trinajstić information content (AvgIpc) is 2.38. The van der Waals surface area contributed by atoms with Crippen LogP contribution < -0.4 is 16.6 Å². The van der Waals surface area contributed by atoms with Crippen LogP contribution in [0.15, 0.2) is 24.3 Å². The second kappa shape index (κ2) is 7.49. The molecule has 0 aliphatic rings. The molecule has 20 heavy (non-hydrogen) atoms. The zero-order valence-corrected chi connectivity index (χ0v) is 11.7. The number of amides is 1. The van der Waals surface area contributed by atoms with Crippen LogP contribution in [0.2, 0.25) is 0 Å². The van der Waals surface area contributed by atoms with Crippen LogP contribution in [-0.4, -0.2) is 23.0 Å². The molecule has 0 bridgehead atoms. The molecule has 0 saturated carbocycles. The second-order valence-corrected chi connectivity index (χ2v) is 4.94. The van der Waals surface area contributed by atoms with E-state index in [9.17, 15) is 9.59 Å². The van der Waals surface area contributed by atoms with E-state index in [1.165, 1.54) is 5.56 Å². The monoisotopic (exact) mass is 279 g/mol.